The summed E-state index contributed by atoms with van der Waals surface area (Å²) in [5, 5.41) is 14.5. The minimum Gasteiger partial charge on any atom is -0.480 e. The number of carbonyl (C=O) groups excluding carboxylic acids is 2. The third-order valence-corrected chi connectivity index (χ3v) is 7.05. The Kier molecular flexibility index (Phi) is 7.50. The van der Waals surface area contributed by atoms with Crippen LogP contribution < -0.4 is 10.6 Å². The fourth-order valence-corrected chi connectivity index (χ4v) is 5.23. The Morgan fingerprint density at radius 3 is 2.26 bits per heavy atom. The van der Waals surface area contributed by atoms with Gasteiger partial charge in [-0.25, -0.2) is 4.79 Å². The number of hydrogen-bond acceptors (Lipinski definition) is 4. The molecular formula is C27H32N2O5. The first-order valence-electron chi connectivity index (χ1n) is 12.1. The summed E-state index contributed by atoms with van der Waals surface area (Å²) in [5.41, 5.74) is 4.73. The van der Waals surface area contributed by atoms with E-state index in [1.54, 1.807) is 0 Å². The SMILES string of the molecule is C[C@@H](NC(=O)CCC1CCCCC1NC(=O)OCC1c2ccccc2-c2ccccc21)C(=O)O. The lowest BCUT2D eigenvalue weighted by atomic mass is 9.81. The first-order chi connectivity index (χ1) is 16.4. The van der Waals surface area contributed by atoms with Gasteiger partial charge < -0.3 is 20.5 Å². The van der Waals surface area contributed by atoms with Crippen molar-refractivity contribution in [3.63, 3.8) is 0 Å². The molecule has 1 fully saturated rings. The average Bonchev–Trinajstić information content (AvgIpc) is 3.16. The lowest BCUT2D eigenvalue weighted by molar-refractivity contribution is -0.141. The standard InChI is InChI=1S/C27H32N2O5/c1-17(26(31)32)28-25(30)15-14-18-8-2-7-13-24(18)29-27(33)34-16-23-21-11-5-3-9-19(21)20-10-4-6-12-22(20)23/h3-6,9-12,17-18,23-24H,2,7-8,13-16H2,1H3,(H,28,30)(H,29,33)(H,31,32)/t17-,18?,24?/m1/s1. The summed E-state index contributed by atoms with van der Waals surface area (Å²) in [5.74, 6) is -1.15. The number of fused-ring (bicyclic) bond motifs is 3. The molecule has 0 bridgehead atoms. The number of rotatable bonds is 8. The normalized spacial score (nSPS) is 20.0. The lowest BCUT2D eigenvalue weighted by Crippen LogP contribution is -2.43. The van der Waals surface area contributed by atoms with Crippen LogP contribution in [0.5, 0.6) is 0 Å². The molecule has 0 saturated heterocycles. The molecule has 0 aromatic heterocycles. The van der Waals surface area contributed by atoms with Crippen molar-refractivity contribution in [2.75, 3.05) is 6.61 Å². The third kappa shape index (κ3) is 5.41. The second-order valence-electron chi connectivity index (χ2n) is 9.29. The first kappa shape index (κ1) is 23.8. The van der Waals surface area contributed by atoms with Crippen molar-refractivity contribution < 1.29 is 24.2 Å². The van der Waals surface area contributed by atoms with E-state index in [-0.39, 0.29) is 36.8 Å². The zero-order valence-electron chi connectivity index (χ0n) is 19.5. The Morgan fingerprint density at radius 1 is 1.00 bits per heavy atom. The Hall–Kier alpha value is -3.35. The monoisotopic (exact) mass is 464 g/mol. The number of carbonyl (C=O) groups is 3. The number of carboxylic acid groups (broad SMARTS) is 1. The molecule has 34 heavy (non-hydrogen) atoms. The lowest BCUT2D eigenvalue weighted by Gasteiger charge is -2.32. The summed E-state index contributed by atoms with van der Waals surface area (Å²) in [6, 6.07) is 15.5. The molecule has 1 saturated carbocycles. The maximum absolute atomic E-state index is 12.7. The fourth-order valence-electron chi connectivity index (χ4n) is 5.23. The molecule has 2 aromatic rings. The number of nitrogens with one attached hydrogen (secondary N) is 2. The zero-order valence-corrected chi connectivity index (χ0v) is 19.5. The van der Waals surface area contributed by atoms with Crippen molar-refractivity contribution in [3.05, 3.63) is 59.7 Å². The van der Waals surface area contributed by atoms with Crippen molar-refractivity contribution >= 4 is 18.0 Å². The van der Waals surface area contributed by atoms with Crippen molar-refractivity contribution in [3.8, 4) is 11.1 Å². The van der Waals surface area contributed by atoms with E-state index in [4.69, 9.17) is 9.84 Å². The average molecular weight is 465 g/mol. The Bertz CT molecular complexity index is 1010. The van der Waals surface area contributed by atoms with E-state index in [0.717, 1.165) is 25.7 Å². The molecule has 7 nitrogen and oxygen atoms in total. The highest BCUT2D eigenvalue weighted by Crippen LogP contribution is 2.44. The van der Waals surface area contributed by atoms with E-state index >= 15 is 0 Å². The summed E-state index contributed by atoms with van der Waals surface area (Å²) in [7, 11) is 0. The van der Waals surface area contributed by atoms with E-state index < -0.39 is 18.1 Å². The number of alkyl carbamates (subject to hydrolysis) is 1. The maximum Gasteiger partial charge on any atom is 0.407 e. The number of carboxylic acids is 1. The summed E-state index contributed by atoms with van der Waals surface area (Å²) in [6.45, 7) is 1.72. The van der Waals surface area contributed by atoms with Crippen LogP contribution in [0.2, 0.25) is 0 Å². The highest BCUT2D eigenvalue weighted by atomic mass is 16.5. The predicted octanol–water partition coefficient (Wildman–Crippen LogP) is 4.45. The molecule has 0 spiro atoms. The van der Waals surface area contributed by atoms with Crippen molar-refractivity contribution in [2.24, 2.45) is 5.92 Å². The molecule has 180 valence electrons. The third-order valence-electron chi connectivity index (χ3n) is 7.05. The molecule has 0 heterocycles. The molecule has 4 rings (SSSR count). The zero-order chi connectivity index (χ0) is 24.1. The molecule has 2 aliphatic carbocycles. The summed E-state index contributed by atoms with van der Waals surface area (Å²) < 4.78 is 5.70. The van der Waals surface area contributed by atoms with Crippen LogP contribution in [0.1, 0.15) is 62.5 Å². The van der Waals surface area contributed by atoms with E-state index in [1.165, 1.54) is 29.2 Å². The molecule has 2 unspecified atom stereocenters. The van der Waals surface area contributed by atoms with Crippen LogP contribution in [-0.4, -0.2) is 41.8 Å². The Morgan fingerprint density at radius 2 is 1.62 bits per heavy atom. The van der Waals surface area contributed by atoms with E-state index in [9.17, 15) is 14.4 Å². The van der Waals surface area contributed by atoms with Crippen LogP contribution >= 0.6 is 0 Å². The molecule has 7 heteroatoms. The second kappa shape index (κ2) is 10.7. The molecular weight excluding hydrogens is 432 g/mol. The number of hydrogen-bond donors (Lipinski definition) is 3. The Balaban J connectivity index is 1.31. The minimum atomic E-state index is -1.05. The largest absolute Gasteiger partial charge is 0.480 e. The van der Waals surface area contributed by atoms with Gasteiger partial charge in [0.15, 0.2) is 0 Å². The van der Waals surface area contributed by atoms with Gasteiger partial charge in [-0.15, -0.1) is 0 Å². The van der Waals surface area contributed by atoms with Gasteiger partial charge in [-0.3, -0.25) is 9.59 Å². The minimum absolute atomic E-state index is 0.0141. The van der Waals surface area contributed by atoms with Gasteiger partial charge in [0.1, 0.15) is 12.6 Å². The van der Waals surface area contributed by atoms with E-state index in [1.807, 2.05) is 24.3 Å². The Labute approximate surface area is 199 Å². The van der Waals surface area contributed by atoms with Gasteiger partial charge in [-0.2, -0.15) is 0 Å². The highest BCUT2D eigenvalue weighted by Gasteiger charge is 2.31. The van der Waals surface area contributed by atoms with Gasteiger partial charge in [-0.1, -0.05) is 61.4 Å². The van der Waals surface area contributed by atoms with Gasteiger partial charge >= 0.3 is 12.1 Å². The van der Waals surface area contributed by atoms with Gasteiger partial charge in [-0.05, 0) is 54.4 Å². The second-order valence-corrected chi connectivity index (χ2v) is 9.29. The van der Waals surface area contributed by atoms with Crippen LogP contribution in [0.15, 0.2) is 48.5 Å². The van der Waals surface area contributed by atoms with Crippen molar-refractivity contribution in [2.45, 2.75) is 63.5 Å². The number of ether oxygens (including phenoxy) is 1. The van der Waals surface area contributed by atoms with Crippen molar-refractivity contribution in [1.82, 2.24) is 10.6 Å². The fraction of sp³-hybridized carbons (Fsp3) is 0.444. The molecule has 3 atom stereocenters. The van der Waals surface area contributed by atoms with E-state index in [2.05, 4.69) is 34.9 Å². The van der Waals surface area contributed by atoms with Gasteiger partial charge in [0, 0.05) is 18.4 Å². The number of benzene rings is 2. The molecule has 0 radical (unpaired) electrons. The molecule has 2 aliphatic rings. The summed E-state index contributed by atoms with van der Waals surface area (Å²) in [6.07, 6.45) is 4.27. The van der Waals surface area contributed by atoms with Crippen LogP contribution in [0.3, 0.4) is 0 Å². The maximum atomic E-state index is 12.7. The smallest absolute Gasteiger partial charge is 0.407 e. The molecule has 2 amide bonds. The van der Waals surface area contributed by atoms with Gasteiger partial charge in [0.25, 0.3) is 0 Å². The van der Waals surface area contributed by atoms with Crippen LogP contribution in [0.25, 0.3) is 11.1 Å². The molecule has 2 aromatic carbocycles. The molecule has 0 aliphatic heterocycles. The summed E-state index contributed by atoms with van der Waals surface area (Å²) >= 11 is 0. The van der Waals surface area contributed by atoms with Crippen LogP contribution in [0.4, 0.5) is 4.79 Å². The quantitative estimate of drug-likeness (QED) is 0.535. The summed E-state index contributed by atoms with van der Waals surface area (Å²) in [4.78, 5) is 35.7. The van der Waals surface area contributed by atoms with Gasteiger partial charge in [0.2, 0.25) is 5.91 Å². The molecule has 3 N–H and O–H groups in total. The van der Waals surface area contributed by atoms with Crippen molar-refractivity contribution in [1.29, 1.82) is 0 Å². The highest BCUT2D eigenvalue weighted by molar-refractivity contribution is 5.83. The number of aliphatic carboxylic acids is 1. The van der Waals surface area contributed by atoms with Crippen LogP contribution in [-0.2, 0) is 14.3 Å². The number of amides is 2. The van der Waals surface area contributed by atoms with Crippen LogP contribution in [0, 0.1) is 5.92 Å². The first-order valence-corrected chi connectivity index (χ1v) is 12.1. The predicted molar refractivity (Wildman–Crippen MR) is 128 cm³/mol. The van der Waals surface area contributed by atoms with E-state index in [0.29, 0.717) is 6.42 Å². The van der Waals surface area contributed by atoms with Gasteiger partial charge in [0.05, 0.1) is 0 Å². The topological polar surface area (TPSA) is 105 Å².